The fraction of sp³-hybridized carbons (Fsp3) is 0.500. The van der Waals surface area contributed by atoms with E-state index >= 15 is 0 Å². The maximum absolute atomic E-state index is 8.97. The largest absolute Gasteiger partial charge is 0.395 e. The van der Waals surface area contributed by atoms with Gasteiger partial charge in [0, 0.05) is 38.3 Å². The van der Waals surface area contributed by atoms with Gasteiger partial charge < -0.3 is 9.63 Å². The fourth-order valence-corrected chi connectivity index (χ4v) is 2.75. The van der Waals surface area contributed by atoms with Crippen molar-refractivity contribution >= 4 is 0 Å². The highest BCUT2D eigenvalue weighted by molar-refractivity contribution is 5.57. The molecule has 3 rings (SSSR count). The number of aryl methyl sites for hydroxylation is 1. The van der Waals surface area contributed by atoms with Crippen LogP contribution in [0.2, 0.25) is 0 Å². The Morgan fingerprint density at radius 2 is 1.86 bits per heavy atom. The number of aliphatic hydroxyl groups is 1. The van der Waals surface area contributed by atoms with Gasteiger partial charge in [-0.2, -0.15) is 4.98 Å². The van der Waals surface area contributed by atoms with Crippen molar-refractivity contribution < 1.29 is 9.63 Å². The summed E-state index contributed by atoms with van der Waals surface area (Å²) in [6, 6.07) is 8.02. The average molecular weight is 302 g/mol. The van der Waals surface area contributed by atoms with Crippen LogP contribution in [0.5, 0.6) is 0 Å². The van der Waals surface area contributed by atoms with Gasteiger partial charge in [-0.3, -0.25) is 9.80 Å². The van der Waals surface area contributed by atoms with Crippen LogP contribution in [0.4, 0.5) is 0 Å². The number of piperazine rings is 1. The number of β-amino-alcohol motifs (C(OH)–C–C–N with tert-alkyl or cyclic N) is 1. The lowest BCUT2D eigenvalue weighted by Gasteiger charge is -2.33. The van der Waals surface area contributed by atoms with Gasteiger partial charge in [0.1, 0.15) is 0 Å². The molecule has 1 aromatic heterocycles. The molecule has 22 heavy (non-hydrogen) atoms. The number of aromatic nitrogens is 2. The monoisotopic (exact) mass is 302 g/mol. The first kappa shape index (κ1) is 15.1. The van der Waals surface area contributed by atoms with Crippen LogP contribution in [0.15, 0.2) is 28.8 Å². The van der Waals surface area contributed by atoms with E-state index < -0.39 is 0 Å². The zero-order chi connectivity index (χ0) is 15.4. The molecular weight excluding hydrogens is 280 g/mol. The van der Waals surface area contributed by atoms with Crippen molar-refractivity contribution in [1.82, 2.24) is 19.9 Å². The van der Waals surface area contributed by atoms with Crippen molar-refractivity contribution in [2.45, 2.75) is 13.5 Å². The molecule has 1 N–H and O–H groups in total. The lowest BCUT2D eigenvalue weighted by molar-refractivity contribution is 0.106. The molecule has 0 saturated carbocycles. The third-order valence-electron chi connectivity index (χ3n) is 4.09. The highest BCUT2D eigenvalue weighted by atomic mass is 16.5. The number of rotatable bonds is 5. The van der Waals surface area contributed by atoms with Gasteiger partial charge in [0.05, 0.1) is 13.2 Å². The summed E-state index contributed by atoms with van der Waals surface area (Å²) in [6.07, 6.45) is 0. The van der Waals surface area contributed by atoms with E-state index in [0.29, 0.717) is 12.4 Å². The molecule has 0 aliphatic carbocycles. The Labute approximate surface area is 130 Å². The van der Waals surface area contributed by atoms with E-state index in [1.54, 1.807) is 0 Å². The first-order valence-electron chi connectivity index (χ1n) is 7.70. The van der Waals surface area contributed by atoms with E-state index in [2.05, 4.69) is 19.9 Å². The fourth-order valence-electron chi connectivity index (χ4n) is 2.75. The lowest BCUT2D eigenvalue weighted by Crippen LogP contribution is -2.46. The second kappa shape index (κ2) is 7.00. The zero-order valence-corrected chi connectivity index (χ0v) is 12.9. The summed E-state index contributed by atoms with van der Waals surface area (Å²) < 4.78 is 5.40. The molecule has 1 saturated heterocycles. The molecule has 0 atom stereocenters. The first-order valence-corrected chi connectivity index (χ1v) is 7.70. The van der Waals surface area contributed by atoms with Gasteiger partial charge in [0.25, 0.3) is 5.89 Å². The summed E-state index contributed by atoms with van der Waals surface area (Å²) in [5.41, 5.74) is 2.13. The standard InChI is InChI=1S/C16H22N4O2/c1-13-4-2-3-5-14(13)16-17-15(18-22-16)12-20-8-6-19(7-9-20)10-11-21/h2-5,21H,6-12H2,1H3. The molecule has 2 aromatic rings. The van der Waals surface area contributed by atoms with Crippen LogP contribution in [0.3, 0.4) is 0 Å². The van der Waals surface area contributed by atoms with Gasteiger partial charge in [-0.15, -0.1) is 0 Å². The molecule has 2 heterocycles. The van der Waals surface area contributed by atoms with Gasteiger partial charge >= 0.3 is 0 Å². The molecule has 0 radical (unpaired) electrons. The van der Waals surface area contributed by atoms with Crippen molar-refractivity contribution in [3.05, 3.63) is 35.7 Å². The second-order valence-corrected chi connectivity index (χ2v) is 5.67. The SMILES string of the molecule is Cc1ccccc1-c1nc(CN2CCN(CCO)CC2)no1. The number of benzene rings is 1. The van der Waals surface area contributed by atoms with Crippen molar-refractivity contribution in [2.24, 2.45) is 0 Å². The topological polar surface area (TPSA) is 65.6 Å². The van der Waals surface area contributed by atoms with E-state index in [9.17, 15) is 0 Å². The molecule has 0 bridgehead atoms. The summed E-state index contributed by atoms with van der Waals surface area (Å²) >= 11 is 0. The Morgan fingerprint density at radius 3 is 2.59 bits per heavy atom. The minimum absolute atomic E-state index is 0.227. The molecule has 6 heteroatoms. The molecule has 0 unspecified atom stereocenters. The van der Waals surface area contributed by atoms with Crippen molar-refractivity contribution in [3.8, 4) is 11.5 Å². The molecule has 0 amide bonds. The van der Waals surface area contributed by atoms with E-state index in [1.165, 1.54) is 0 Å². The maximum Gasteiger partial charge on any atom is 0.258 e. The van der Waals surface area contributed by atoms with Crippen molar-refractivity contribution in [1.29, 1.82) is 0 Å². The van der Waals surface area contributed by atoms with Crippen LogP contribution < -0.4 is 0 Å². The Bertz CT molecular complexity index is 606. The zero-order valence-electron chi connectivity index (χ0n) is 12.9. The van der Waals surface area contributed by atoms with Crippen molar-refractivity contribution in [2.75, 3.05) is 39.3 Å². The molecule has 6 nitrogen and oxygen atoms in total. The maximum atomic E-state index is 8.97. The quantitative estimate of drug-likeness (QED) is 0.894. The molecule has 1 aromatic carbocycles. The summed E-state index contributed by atoms with van der Waals surface area (Å²) in [7, 11) is 0. The predicted molar refractivity (Wildman–Crippen MR) is 83.3 cm³/mol. The summed E-state index contributed by atoms with van der Waals surface area (Å²) in [6.45, 7) is 7.62. The van der Waals surface area contributed by atoms with Gasteiger partial charge in [0.2, 0.25) is 0 Å². The Kier molecular flexibility index (Phi) is 4.82. The second-order valence-electron chi connectivity index (χ2n) is 5.67. The number of hydrogen-bond donors (Lipinski definition) is 1. The number of hydrogen-bond acceptors (Lipinski definition) is 6. The van der Waals surface area contributed by atoms with E-state index in [0.717, 1.165) is 49.7 Å². The van der Waals surface area contributed by atoms with Crippen LogP contribution >= 0.6 is 0 Å². The van der Waals surface area contributed by atoms with E-state index in [-0.39, 0.29) is 6.61 Å². The minimum Gasteiger partial charge on any atom is -0.395 e. The average Bonchev–Trinajstić information content (AvgIpc) is 2.98. The predicted octanol–water partition coefficient (Wildman–Crippen LogP) is 1.15. The van der Waals surface area contributed by atoms with Crippen molar-refractivity contribution in [3.63, 3.8) is 0 Å². The van der Waals surface area contributed by atoms with Gasteiger partial charge in [-0.1, -0.05) is 23.4 Å². The highest BCUT2D eigenvalue weighted by Gasteiger charge is 2.19. The van der Waals surface area contributed by atoms with E-state index in [4.69, 9.17) is 9.63 Å². The molecular formula is C16H22N4O2. The van der Waals surface area contributed by atoms with Crippen LogP contribution in [-0.4, -0.2) is 64.4 Å². The van der Waals surface area contributed by atoms with Gasteiger partial charge in [-0.05, 0) is 18.6 Å². The normalized spacial score (nSPS) is 17.0. The van der Waals surface area contributed by atoms with Crippen LogP contribution in [0.1, 0.15) is 11.4 Å². The highest BCUT2D eigenvalue weighted by Crippen LogP contribution is 2.21. The van der Waals surface area contributed by atoms with Crippen LogP contribution in [0.25, 0.3) is 11.5 Å². The number of nitrogens with zero attached hydrogens (tertiary/aromatic N) is 4. The molecule has 0 spiro atoms. The Morgan fingerprint density at radius 1 is 1.14 bits per heavy atom. The molecule has 1 fully saturated rings. The summed E-state index contributed by atoms with van der Waals surface area (Å²) in [5.74, 6) is 1.32. The summed E-state index contributed by atoms with van der Waals surface area (Å²) in [5, 5.41) is 13.1. The van der Waals surface area contributed by atoms with E-state index in [1.807, 2.05) is 31.2 Å². The molecule has 1 aliphatic rings. The van der Waals surface area contributed by atoms with Gasteiger partial charge in [0.15, 0.2) is 5.82 Å². The molecule has 1 aliphatic heterocycles. The third kappa shape index (κ3) is 3.52. The third-order valence-corrected chi connectivity index (χ3v) is 4.09. The first-order chi connectivity index (χ1) is 10.8. The Balaban J connectivity index is 1.60. The number of aliphatic hydroxyl groups excluding tert-OH is 1. The molecule has 118 valence electrons. The van der Waals surface area contributed by atoms with Crippen LogP contribution in [-0.2, 0) is 6.54 Å². The van der Waals surface area contributed by atoms with Gasteiger partial charge in [-0.25, -0.2) is 0 Å². The smallest absolute Gasteiger partial charge is 0.258 e. The minimum atomic E-state index is 0.227. The summed E-state index contributed by atoms with van der Waals surface area (Å²) in [4.78, 5) is 9.11. The van der Waals surface area contributed by atoms with Crippen LogP contribution in [0, 0.1) is 6.92 Å². The Hall–Kier alpha value is -1.76. The lowest BCUT2D eigenvalue weighted by atomic mass is 10.1.